The van der Waals surface area contributed by atoms with Gasteiger partial charge in [-0.05, 0) is 24.7 Å². The number of nitrogens with zero attached hydrogens (tertiary/aromatic N) is 2. The van der Waals surface area contributed by atoms with E-state index in [0.717, 1.165) is 12.8 Å². The van der Waals surface area contributed by atoms with Gasteiger partial charge in [-0.3, -0.25) is 9.59 Å². The van der Waals surface area contributed by atoms with Crippen LogP contribution in [0.25, 0.3) is 0 Å². The van der Waals surface area contributed by atoms with Crippen molar-refractivity contribution in [2.75, 3.05) is 52.6 Å². The minimum Gasteiger partial charge on any atom is -0.378 e. The van der Waals surface area contributed by atoms with E-state index in [9.17, 15) is 9.59 Å². The number of carbonyl (C=O) groups is 2. The van der Waals surface area contributed by atoms with E-state index in [-0.39, 0.29) is 35.5 Å². The van der Waals surface area contributed by atoms with Crippen LogP contribution in [0.15, 0.2) is 12.2 Å². The molecule has 2 aliphatic heterocycles. The summed E-state index contributed by atoms with van der Waals surface area (Å²) >= 11 is 0. The molecule has 3 aliphatic carbocycles. The summed E-state index contributed by atoms with van der Waals surface area (Å²) in [6.45, 7) is 5.00. The maximum atomic E-state index is 13.2. The molecule has 0 aromatic rings. The fourth-order valence-electron chi connectivity index (χ4n) is 4.66. The minimum atomic E-state index is -0.192. The predicted octanol–water partition coefficient (Wildman–Crippen LogP) is 0.532. The highest BCUT2D eigenvalue weighted by Crippen LogP contribution is 2.46. The van der Waals surface area contributed by atoms with Gasteiger partial charge in [-0.1, -0.05) is 12.2 Å². The van der Waals surface area contributed by atoms with Gasteiger partial charge in [-0.2, -0.15) is 0 Å². The number of hydrogen-bond acceptors (Lipinski definition) is 4. The molecule has 3 fully saturated rings. The minimum absolute atomic E-state index is 0.156. The van der Waals surface area contributed by atoms with Crippen LogP contribution in [0.4, 0.5) is 0 Å². The van der Waals surface area contributed by atoms with E-state index in [1.54, 1.807) is 0 Å². The molecule has 6 heteroatoms. The molecular weight excluding hydrogens is 308 g/mol. The summed E-state index contributed by atoms with van der Waals surface area (Å²) in [6, 6.07) is 0. The summed E-state index contributed by atoms with van der Waals surface area (Å²) in [6.07, 6.45) is 6.41. The van der Waals surface area contributed by atoms with Crippen LogP contribution in [0, 0.1) is 23.7 Å². The number of hydrogen-bond donors (Lipinski definition) is 0. The number of amides is 2. The van der Waals surface area contributed by atoms with E-state index in [2.05, 4.69) is 12.2 Å². The number of ether oxygens (including phenoxy) is 2. The molecule has 132 valence electrons. The van der Waals surface area contributed by atoms with Gasteiger partial charge >= 0.3 is 0 Å². The smallest absolute Gasteiger partial charge is 0.227 e. The van der Waals surface area contributed by atoms with Crippen LogP contribution in [0.3, 0.4) is 0 Å². The zero-order chi connectivity index (χ0) is 16.5. The largest absolute Gasteiger partial charge is 0.378 e. The van der Waals surface area contributed by atoms with E-state index in [1.165, 1.54) is 0 Å². The molecule has 5 aliphatic rings. The molecule has 5 rings (SSSR count). The van der Waals surface area contributed by atoms with Crippen LogP contribution < -0.4 is 0 Å². The Morgan fingerprint density at radius 3 is 1.42 bits per heavy atom. The van der Waals surface area contributed by atoms with Gasteiger partial charge in [-0.25, -0.2) is 0 Å². The fourth-order valence-corrected chi connectivity index (χ4v) is 4.66. The maximum absolute atomic E-state index is 13.2. The van der Waals surface area contributed by atoms with Gasteiger partial charge in [0.05, 0.1) is 38.3 Å². The number of allylic oxidation sites excluding steroid dienone is 2. The third kappa shape index (κ3) is 2.86. The second kappa shape index (κ2) is 6.84. The second-order valence-electron chi connectivity index (χ2n) is 7.22. The second-order valence-corrected chi connectivity index (χ2v) is 7.22. The molecule has 2 amide bonds. The summed E-state index contributed by atoms with van der Waals surface area (Å²) in [4.78, 5) is 30.2. The zero-order valence-electron chi connectivity index (χ0n) is 14.1. The van der Waals surface area contributed by atoms with Crippen LogP contribution in [0.1, 0.15) is 12.8 Å². The lowest BCUT2D eigenvalue weighted by atomic mass is 9.61. The normalized spacial score (nSPS) is 36.0. The van der Waals surface area contributed by atoms with Gasteiger partial charge in [-0.15, -0.1) is 0 Å². The van der Waals surface area contributed by atoms with Crippen LogP contribution in [-0.4, -0.2) is 74.2 Å². The quantitative estimate of drug-likeness (QED) is 0.692. The zero-order valence-corrected chi connectivity index (χ0v) is 14.1. The Bertz CT molecular complexity index is 477. The van der Waals surface area contributed by atoms with Crippen molar-refractivity contribution >= 4 is 11.8 Å². The molecule has 0 N–H and O–H groups in total. The van der Waals surface area contributed by atoms with Gasteiger partial charge in [0.1, 0.15) is 0 Å². The number of fused-ring (bicyclic) bond motifs is 2. The van der Waals surface area contributed by atoms with Crippen molar-refractivity contribution in [1.82, 2.24) is 9.80 Å². The lowest BCUT2D eigenvalue weighted by Gasteiger charge is -2.46. The van der Waals surface area contributed by atoms with Crippen molar-refractivity contribution in [2.24, 2.45) is 23.7 Å². The summed E-state index contributed by atoms with van der Waals surface area (Å²) < 4.78 is 10.7. The van der Waals surface area contributed by atoms with Gasteiger partial charge < -0.3 is 19.3 Å². The van der Waals surface area contributed by atoms with Gasteiger partial charge in [0, 0.05) is 26.2 Å². The van der Waals surface area contributed by atoms with E-state index in [0.29, 0.717) is 52.6 Å². The molecular formula is C18H26N2O4. The average molecular weight is 334 g/mol. The van der Waals surface area contributed by atoms with E-state index in [1.807, 2.05) is 9.80 Å². The van der Waals surface area contributed by atoms with E-state index in [4.69, 9.17) is 9.47 Å². The monoisotopic (exact) mass is 334 g/mol. The van der Waals surface area contributed by atoms with Crippen LogP contribution in [-0.2, 0) is 19.1 Å². The molecule has 0 radical (unpaired) electrons. The third-order valence-corrected chi connectivity index (χ3v) is 5.96. The maximum Gasteiger partial charge on any atom is 0.227 e. The molecule has 0 unspecified atom stereocenters. The molecule has 4 atom stereocenters. The Morgan fingerprint density at radius 1 is 0.708 bits per heavy atom. The third-order valence-electron chi connectivity index (χ3n) is 5.96. The van der Waals surface area contributed by atoms with E-state index >= 15 is 0 Å². The summed E-state index contributed by atoms with van der Waals surface area (Å²) in [5, 5.41) is 0. The van der Waals surface area contributed by atoms with Gasteiger partial charge in [0.15, 0.2) is 0 Å². The van der Waals surface area contributed by atoms with Crippen molar-refractivity contribution in [2.45, 2.75) is 12.8 Å². The molecule has 24 heavy (non-hydrogen) atoms. The van der Waals surface area contributed by atoms with Crippen LogP contribution in [0.2, 0.25) is 0 Å². The topological polar surface area (TPSA) is 59.1 Å². The Kier molecular flexibility index (Phi) is 4.59. The summed E-state index contributed by atoms with van der Waals surface area (Å²) in [5.41, 5.74) is 0. The Balaban J connectivity index is 1.56. The lowest BCUT2D eigenvalue weighted by molar-refractivity contribution is -0.156. The first-order valence-electron chi connectivity index (χ1n) is 9.17. The van der Waals surface area contributed by atoms with Crippen molar-refractivity contribution in [3.8, 4) is 0 Å². The highest BCUT2D eigenvalue weighted by Gasteiger charge is 2.50. The molecule has 1 saturated carbocycles. The molecule has 0 spiro atoms. The van der Waals surface area contributed by atoms with Gasteiger partial charge in [0.2, 0.25) is 11.8 Å². The number of morpholine rings is 2. The lowest BCUT2D eigenvalue weighted by Crippen LogP contribution is -2.56. The highest BCUT2D eigenvalue weighted by molar-refractivity contribution is 5.89. The summed E-state index contributed by atoms with van der Waals surface area (Å²) in [7, 11) is 0. The number of carbonyl (C=O) groups excluding carboxylic acids is 2. The Morgan fingerprint density at radius 2 is 1.08 bits per heavy atom. The highest BCUT2D eigenvalue weighted by atomic mass is 16.5. The van der Waals surface area contributed by atoms with Crippen molar-refractivity contribution in [3.05, 3.63) is 12.2 Å². The summed E-state index contributed by atoms with van der Waals surface area (Å²) in [5.74, 6) is 0.345. The molecule has 0 aromatic heterocycles. The first-order valence-corrected chi connectivity index (χ1v) is 9.17. The van der Waals surface area contributed by atoms with E-state index < -0.39 is 0 Å². The average Bonchev–Trinajstić information content (AvgIpc) is 2.68. The molecule has 6 nitrogen and oxygen atoms in total. The molecule has 2 saturated heterocycles. The standard InChI is InChI=1S/C18H26N2O4/c21-17(19-5-9-23-10-6-19)15-13-1-2-14(4-3-13)16(15)18(22)20-7-11-24-12-8-20/h1-2,13-16H,3-12H2/t13-,14-,15-,16+/m1/s1. The molecule has 2 heterocycles. The van der Waals surface area contributed by atoms with Gasteiger partial charge in [0.25, 0.3) is 0 Å². The van der Waals surface area contributed by atoms with Crippen molar-refractivity contribution in [1.29, 1.82) is 0 Å². The Labute approximate surface area is 142 Å². The van der Waals surface area contributed by atoms with Crippen LogP contribution >= 0.6 is 0 Å². The Hall–Kier alpha value is -1.40. The first kappa shape index (κ1) is 16.1. The molecule has 0 aromatic carbocycles. The van der Waals surface area contributed by atoms with Crippen molar-refractivity contribution in [3.63, 3.8) is 0 Å². The SMILES string of the molecule is O=C([C@@H]1[C@H](C(=O)N2CCOCC2)[C@@H]2C=C[C@@H]1CC2)N1CCOCC1. The fraction of sp³-hybridized carbons (Fsp3) is 0.778. The predicted molar refractivity (Wildman–Crippen MR) is 87.1 cm³/mol. The first-order chi connectivity index (χ1) is 11.8. The number of rotatable bonds is 2. The van der Waals surface area contributed by atoms with Crippen molar-refractivity contribution < 1.29 is 19.1 Å². The molecule has 2 bridgehead atoms. The van der Waals surface area contributed by atoms with Crippen LogP contribution in [0.5, 0.6) is 0 Å².